The van der Waals surface area contributed by atoms with Gasteiger partial charge >= 0.3 is 0 Å². The van der Waals surface area contributed by atoms with Gasteiger partial charge in [-0.05, 0) is 44.4 Å². The number of ether oxygens (including phenoxy) is 1. The molecule has 2 saturated carbocycles. The molecule has 0 bridgehead atoms. The topological polar surface area (TPSA) is 38.3 Å². The summed E-state index contributed by atoms with van der Waals surface area (Å²) in [7, 11) is 0. The van der Waals surface area contributed by atoms with E-state index in [1.807, 2.05) is 6.92 Å². The van der Waals surface area contributed by atoms with Crippen molar-refractivity contribution in [2.45, 2.75) is 50.5 Å². The Kier molecular flexibility index (Phi) is 4.69. The van der Waals surface area contributed by atoms with Gasteiger partial charge in [0.1, 0.15) is 0 Å². The zero-order valence-electron chi connectivity index (χ0n) is 10.5. The van der Waals surface area contributed by atoms with E-state index in [0.717, 1.165) is 19.4 Å². The zero-order chi connectivity index (χ0) is 12.3. The van der Waals surface area contributed by atoms with Crippen molar-refractivity contribution in [3.8, 4) is 0 Å². The van der Waals surface area contributed by atoms with Crippen LogP contribution >= 0.6 is 11.6 Å². The van der Waals surface area contributed by atoms with Gasteiger partial charge in [0.25, 0.3) is 0 Å². The van der Waals surface area contributed by atoms with Crippen molar-refractivity contribution >= 4 is 17.5 Å². The summed E-state index contributed by atoms with van der Waals surface area (Å²) in [6, 6.07) is 0. The molecule has 2 rings (SSSR count). The van der Waals surface area contributed by atoms with Crippen LogP contribution in [0.4, 0.5) is 0 Å². The minimum absolute atomic E-state index is 0.136. The summed E-state index contributed by atoms with van der Waals surface area (Å²) in [5.41, 5.74) is 0. The normalized spacial score (nSPS) is 29.5. The SMILES string of the molecule is CCOC1CC(CC(=O)NCC(Cl)C2CC2)C1. The van der Waals surface area contributed by atoms with Crippen LogP contribution in [0.2, 0.25) is 0 Å². The van der Waals surface area contributed by atoms with Crippen molar-refractivity contribution in [3.05, 3.63) is 0 Å². The average molecular weight is 260 g/mol. The number of nitrogens with one attached hydrogen (secondary N) is 1. The molecule has 1 amide bonds. The van der Waals surface area contributed by atoms with E-state index in [1.165, 1.54) is 12.8 Å². The predicted octanol–water partition coefficient (Wildman–Crippen LogP) is 2.33. The molecule has 17 heavy (non-hydrogen) atoms. The summed E-state index contributed by atoms with van der Waals surface area (Å²) >= 11 is 6.14. The lowest BCUT2D eigenvalue weighted by Crippen LogP contribution is -2.37. The molecule has 0 aromatic carbocycles. The van der Waals surface area contributed by atoms with E-state index in [2.05, 4.69) is 5.32 Å². The van der Waals surface area contributed by atoms with Crippen LogP contribution in [0.1, 0.15) is 39.0 Å². The second kappa shape index (κ2) is 6.05. The lowest BCUT2D eigenvalue weighted by atomic mass is 9.80. The molecule has 4 heteroatoms. The third kappa shape index (κ3) is 4.14. The van der Waals surface area contributed by atoms with Gasteiger partial charge in [0.2, 0.25) is 5.91 Å². The van der Waals surface area contributed by atoms with E-state index in [0.29, 0.717) is 30.9 Å². The van der Waals surface area contributed by atoms with Gasteiger partial charge in [-0.2, -0.15) is 0 Å². The third-order valence-corrected chi connectivity index (χ3v) is 4.21. The van der Waals surface area contributed by atoms with Gasteiger partial charge < -0.3 is 10.1 Å². The monoisotopic (exact) mass is 259 g/mol. The maximum Gasteiger partial charge on any atom is 0.220 e. The molecule has 0 aromatic heterocycles. The van der Waals surface area contributed by atoms with E-state index < -0.39 is 0 Å². The molecular formula is C13H22ClNO2. The van der Waals surface area contributed by atoms with Crippen LogP contribution in [0, 0.1) is 11.8 Å². The van der Waals surface area contributed by atoms with Crippen LogP contribution in [0.15, 0.2) is 0 Å². The summed E-state index contributed by atoms with van der Waals surface area (Å²) < 4.78 is 5.47. The summed E-state index contributed by atoms with van der Waals surface area (Å²) in [5.74, 6) is 1.31. The molecule has 3 nitrogen and oxygen atoms in total. The molecule has 0 radical (unpaired) electrons. The number of carbonyl (C=O) groups excluding carboxylic acids is 1. The fourth-order valence-electron chi connectivity index (χ4n) is 2.38. The van der Waals surface area contributed by atoms with E-state index in [1.54, 1.807) is 0 Å². The van der Waals surface area contributed by atoms with Crippen LogP contribution in [0.5, 0.6) is 0 Å². The minimum atomic E-state index is 0.136. The minimum Gasteiger partial charge on any atom is -0.378 e. The summed E-state index contributed by atoms with van der Waals surface area (Å²) in [5, 5.41) is 3.07. The van der Waals surface area contributed by atoms with Gasteiger partial charge in [-0.25, -0.2) is 0 Å². The smallest absolute Gasteiger partial charge is 0.220 e. The molecular weight excluding hydrogens is 238 g/mol. The highest BCUT2D eigenvalue weighted by molar-refractivity contribution is 6.21. The maximum absolute atomic E-state index is 11.6. The number of alkyl halides is 1. The Balaban J connectivity index is 1.52. The fourth-order valence-corrected chi connectivity index (χ4v) is 2.71. The molecule has 0 spiro atoms. The third-order valence-electron chi connectivity index (χ3n) is 3.70. The van der Waals surface area contributed by atoms with Gasteiger partial charge in [-0.3, -0.25) is 4.79 Å². The largest absolute Gasteiger partial charge is 0.378 e. The van der Waals surface area contributed by atoms with Crippen LogP contribution in [-0.4, -0.2) is 30.5 Å². The van der Waals surface area contributed by atoms with Crippen LogP contribution in [-0.2, 0) is 9.53 Å². The first-order valence-electron chi connectivity index (χ1n) is 6.71. The Labute approximate surface area is 108 Å². The van der Waals surface area contributed by atoms with E-state index in [-0.39, 0.29) is 11.3 Å². The average Bonchev–Trinajstić information content (AvgIpc) is 3.06. The van der Waals surface area contributed by atoms with Crippen molar-refractivity contribution in [2.24, 2.45) is 11.8 Å². The fraction of sp³-hybridized carbons (Fsp3) is 0.923. The van der Waals surface area contributed by atoms with Crippen LogP contribution < -0.4 is 5.32 Å². The summed E-state index contributed by atoms with van der Waals surface area (Å²) in [4.78, 5) is 11.6. The molecule has 2 aliphatic rings. The zero-order valence-corrected chi connectivity index (χ0v) is 11.2. The van der Waals surface area contributed by atoms with Gasteiger partial charge in [-0.1, -0.05) is 0 Å². The number of rotatable bonds is 7. The molecule has 0 aliphatic heterocycles. The molecule has 2 aliphatic carbocycles. The van der Waals surface area contributed by atoms with Gasteiger partial charge in [0.05, 0.1) is 11.5 Å². The number of amides is 1. The first-order valence-corrected chi connectivity index (χ1v) is 7.15. The maximum atomic E-state index is 11.6. The lowest BCUT2D eigenvalue weighted by molar-refractivity contribution is -0.124. The van der Waals surface area contributed by atoms with Crippen LogP contribution in [0.3, 0.4) is 0 Å². The Bertz CT molecular complexity index is 262. The number of hydrogen-bond donors (Lipinski definition) is 1. The Morgan fingerprint density at radius 3 is 2.76 bits per heavy atom. The molecule has 0 saturated heterocycles. The second-order valence-electron chi connectivity index (χ2n) is 5.28. The van der Waals surface area contributed by atoms with E-state index in [4.69, 9.17) is 16.3 Å². The number of carbonyl (C=O) groups is 1. The molecule has 1 N–H and O–H groups in total. The Hall–Kier alpha value is -0.280. The molecule has 2 fully saturated rings. The first-order chi connectivity index (χ1) is 8.19. The number of halogens is 1. The van der Waals surface area contributed by atoms with Crippen molar-refractivity contribution in [3.63, 3.8) is 0 Å². The Morgan fingerprint density at radius 1 is 1.47 bits per heavy atom. The van der Waals surface area contributed by atoms with Crippen molar-refractivity contribution in [1.29, 1.82) is 0 Å². The highest BCUT2D eigenvalue weighted by atomic mass is 35.5. The first kappa shape index (κ1) is 13.2. The van der Waals surface area contributed by atoms with Crippen LogP contribution in [0.25, 0.3) is 0 Å². The number of hydrogen-bond acceptors (Lipinski definition) is 2. The molecule has 98 valence electrons. The lowest BCUT2D eigenvalue weighted by Gasteiger charge is -2.34. The van der Waals surface area contributed by atoms with Crippen molar-refractivity contribution in [2.75, 3.05) is 13.2 Å². The Morgan fingerprint density at radius 2 is 2.18 bits per heavy atom. The standard InChI is InChI=1S/C13H22ClNO2/c1-2-17-11-5-9(6-11)7-13(16)15-8-12(14)10-3-4-10/h9-12H,2-8H2,1H3,(H,15,16). The molecule has 0 heterocycles. The highest BCUT2D eigenvalue weighted by Gasteiger charge is 2.32. The highest BCUT2D eigenvalue weighted by Crippen LogP contribution is 2.35. The predicted molar refractivity (Wildman–Crippen MR) is 68.1 cm³/mol. The molecule has 0 aromatic rings. The second-order valence-corrected chi connectivity index (χ2v) is 5.84. The molecule has 1 atom stereocenters. The van der Waals surface area contributed by atoms with Crippen molar-refractivity contribution in [1.82, 2.24) is 5.32 Å². The summed E-state index contributed by atoms with van der Waals surface area (Å²) in [6.07, 6.45) is 5.55. The summed E-state index contributed by atoms with van der Waals surface area (Å²) in [6.45, 7) is 3.42. The van der Waals surface area contributed by atoms with Crippen molar-refractivity contribution < 1.29 is 9.53 Å². The van der Waals surface area contributed by atoms with E-state index >= 15 is 0 Å². The van der Waals surface area contributed by atoms with Gasteiger partial charge in [-0.15, -0.1) is 11.6 Å². The van der Waals surface area contributed by atoms with Gasteiger partial charge in [0, 0.05) is 19.6 Å². The quantitative estimate of drug-likeness (QED) is 0.713. The van der Waals surface area contributed by atoms with Gasteiger partial charge in [0.15, 0.2) is 0 Å². The van der Waals surface area contributed by atoms with E-state index in [9.17, 15) is 4.79 Å². The molecule has 1 unspecified atom stereocenters.